The summed E-state index contributed by atoms with van der Waals surface area (Å²) in [6.45, 7) is 0. The molecule has 0 saturated carbocycles. The second kappa shape index (κ2) is 7.24. The quantitative estimate of drug-likeness (QED) is 0.813. The van der Waals surface area contributed by atoms with Crippen LogP contribution in [0.25, 0.3) is 0 Å². The molecule has 0 heterocycles. The number of carbonyl (C=O) groups excluding carboxylic acids is 1. The largest absolute Gasteiger partial charge is 0.493 e. The maximum absolute atomic E-state index is 12.1. The molecule has 0 spiro atoms. The molecular formula is C15H14Cl2N2O3. The molecular weight excluding hydrogens is 327 g/mol. The fourth-order valence-electron chi connectivity index (χ4n) is 1.75. The minimum atomic E-state index is -0.327. The maximum atomic E-state index is 12.1. The third-order valence-corrected chi connectivity index (χ3v) is 3.62. The Kier molecular flexibility index (Phi) is 5.35. The van der Waals surface area contributed by atoms with Crippen LogP contribution in [0.5, 0.6) is 11.5 Å². The first kappa shape index (κ1) is 16.3. The van der Waals surface area contributed by atoms with Crippen molar-refractivity contribution in [2.24, 2.45) is 0 Å². The Balaban J connectivity index is 2.07. The van der Waals surface area contributed by atoms with Gasteiger partial charge in [0.05, 0.1) is 30.0 Å². The SMILES string of the molecule is COc1ccc(C(=O)NNc2ccc(Cl)c(Cl)c2)cc1OC. The van der Waals surface area contributed by atoms with Gasteiger partial charge >= 0.3 is 0 Å². The molecule has 0 aliphatic rings. The van der Waals surface area contributed by atoms with Gasteiger partial charge in [0, 0.05) is 5.56 Å². The van der Waals surface area contributed by atoms with Crippen molar-refractivity contribution in [1.82, 2.24) is 5.43 Å². The molecule has 0 atom stereocenters. The molecule has 22 heavy (non-hydrogen) atoms. The second-order valence-electron chi connectivity index (χ2n) is 4.28. The minimum absolute atomic E-state index is 0.327. The molecule has 1 amide bonds. The number of rotatable bonds is 5. The molecule has 116 valence electrons. The van der Waals surface area contributed by atoms with Gasteiger partial charge in [0.2, 0.25) is 0 Å². The van der Waals surface area contributed by atoms with Crippen LogP contribution in [0.2, 0.25) is 10.0 Å². The van der Waals surface area contributed by atoms with Crippen molar-refractivity contribution >= 4 is 34.8 Å². The molecule has 5 nitrogen and oxygen atoms in total. The number of ether oxygens (including phenoxy) is 2. The summed E-state index contributed by atoms with van der Waals surface area (Å²) < 4.78 is 10.3. The third kappa shape index (κ3) is 3.75. The van der Waals surface area contributed by atoms with Gasteiger partial charge in [-0.2, -0.15) is 0 Å². The van der Waals surface area contributed by atoms with Crippen LogP contribution >= 0.6 is 23.2 Å². The number of amides is 1. The molecule has 2 aromatic rings. The Morgan fingerprint density at radius 1 is 0.955 bits per heavy atom. The van der Waals surface area contributed by atoms with Gasteiger partial charge in [0.15, 0.2) is 11.5 Å². The number of anilines is 1. The zero-order chi connectivity index (χ0) is 16.1. The lowest BCUT2D eigenvalue weighted by atomic mass is 10.2. The molecule has 7 heteroatoms. The molecule has 0 radical (unpaired) electrons. The minimum Gasteiger partial charge on any atom is -0.493 e. The van der Waals surface area contributed by atoms with E-state index >= 15 is 0 Å². The Hall–Kier alpha value is -2.11. The van der Waals surface area contributed by atoms with Gasteiger partial charge in [-0.15, -0.1) is 0 Å². The fourth-order valence-corrected chi connectivity index (χ4v) is 2.05. The predicted molar refractivity (Wildman–Crippen MR) is 87.1 cm³/mol. The van der Waals surface area contributed by atoms with E-state index in [0.29, 0.717) is 32.8 Å². The summed E-state index contributed by atoms with van der Waals surface area (Å²) in [4.78, 5) is 12.1. The summed E-state index contributed by atoms with van der Waals surface area (Å²) in [6.07, 6.45) is 0. The molecule has 0 aromatic heterocycles. The van der Waals surface area contributed by atoms with E-state index in [2.05, 4.69) is 10.9 Å². The number of halogens is 2. The highest BCUT2D eigenvalue weighted by Gasteiger charge is 2.10. The first-order valence-electron chi connectivity index (χ1n) is 6.28. The van der Waals surface area contributed by atoms with Crippen molar-refractivity contribution in [1.29, 1.82) is 0 Å². The van der Waals surface area contributed by atoms with E-state index < -0.39 is 0 Å². The first-order valence-corrected chi connectivity index (χ1v) is 7.04. The smallest absolute Gasteiger partial charge is 0.269 e. The van der Waals surface area contributed by atoms with Crippen molar-refractivity contribution < 1.29 is 14.3 Å². The monoisotopic (exact) mass is 340 g/mol. The van der Waals surface area contributed by atoms with Crippen LogP contribution in [0.1, 0.15) is 10.4 Å². The van der Waals surface area contributed by atoms with Crippen LogP contribution in [-0.2, 0) is 0 Å². The number of methoxy groups -OCH3 is 2. The van der Waals surface area contributed by atoms with Crippen molar-refractivity contribution in [3.05, 3.63) is 52.0 Å². The van der Waals surface area contributed by atoms with Gasteiger partial charge in [0.1, 0.15) is 0 Å². The van der Waals surface area contributed by atoms with Crippen molar-refractivity contribution in [3.63, 3.8) is 0 Å². The summed E-state index contributed by atoms with van der Waals surface area (Å²) >= 11 is 11.7. The first-order chi connectivity index (χ1) is 10.5. The number of nitrogens with one attached hydrogen (secondary N) is 2. The number of benzene rings is 2. The van der Waals surface area contributed by atoms with E-state index in [1.54, 1.807) is 36.4 Å². The van der Waals surface area contributed by atoms with Gasteiger partial charge < -0.3 is 9.47 Å². The van der Waals surface area contributed by atoms with E-state index in [4.69, 9.17) is 32.7 Å². The zero-order valence-corrected chi connectivity index (χ0v) is 13.5. The Bertz CT molecular complexity index is 692. The van der Waals surface area contributed by atoms with E-state index in [1.165, 1.54) is 14.2 Å². The van der Waals surface area contributed by atoms with E-state index in [1.807, 2.05) is 0 Å². The fraction of sp³-hybridized carbons (Fsp3) is 0.133. The van der Waals surface area contributed by atoms with Gasteiger partial charge in [-0.1, -0.05) is 23.2 Å². The van der Waals surface area contributed by atoms with E-state index in [9.17, 15) is 4.79 Å². The lowest BCUT2D eigenvalue weighted by Crippen LogP contribution is -2.29. The second-order valence-corrected chi connectivity index (χ2v) is 5.09. The number of carbonyl (C=O) groups is 1. The molecule has 0 saturated heterocycles. The van der Waals surface area contributed by atoms with Crippen LogP contribution in [0.15, 0.2) is 36.4 Å². The molecule has 0 fully saturated rings. The molecule has 2 aromatic carbocycles. The molecule has 2 rings (SSSR count). The average molecular weight is 341 g/mol. The molecule has 0 aliphatic carbocycles. The molecule has 0 unspecified atom stereocenters. The standard InChI is InChI=1S/C15H14Cl2N2O3/c1-21-13-6-3-9(7-14(13)22-2)15(20)19-18-10-4-5-11(16)12(17)8-10/h3-8,18H,1-2H3,(H,19,20). The van der Waals surface area contributed by atoms with Crippen LogP contribution < -0.4 is 20.3 Å². The highest BCUT2D eigenvalue weighted by molar-refractivity contribution is 6.42. The highest BCUT2D eigenvalue weighted by atomic mass is 35.5. The van der Waals surface area contributed by atoms with Gasteiger partial charge in [0.25, 0.3) is 5.91 Å². The predicted octanol–water partition coefficient (Wildman–Crippen LogP) is 3.77. The molecule has 0 bridgehead atoms. The van der Waals surface area contributed by atoms with Crippen molar-refractivity contribution in [2.75, 3.05) is 19.6 Å². The third-order valence-electron chi connectivity index (χ3n) is 2.89. The topological polar surface area (TPSA) is 59.6 Å². The zero-order valence-electron chi connectivity index (χ0n) is 11.9. The number of hydrogen-bond donors (Lipinski definition) is 2. The summed E-state index contributed by atoms with van der Waals surface area (Å²) in [5.41, 5.74) is 6.36. The van der Waals surface area contributed by atoms with Crippen LogP contribution in [0, 0.1) is 0 Å². The maximum Gasteiger partial charge on any atom is 0.269 e. The molecule has 2 N–H and O–H groups in total. The molecule has 0 aliphatic heterocycles. The van der Waals surface area contributed by atoms with Crippen LogP contribution in [0.4, 0.5) is 5.69 Å². The Morgan fingerprint density at radius 2 is 1.68 bits per heavy atom. The van der Waals surface area contributed by atoms with Gasteiger partial charge in [-0.25, -0.2) is 0 Å². The summed E-state index contributed by atoms with van der Waals surface area (Å²) in [7, 11) is 3.04. The summed E-state index contributed by atoms with van der Waals surface area (Å²) in [6, 6.07) is 9.82. The van der Waals surface area contributed by atoms with Gasteiger partial charge in [-0.3, -0.25) is 15.6 Å². The van der Waals surface area contributed by atoms with Crippen LogP contribution in [0.3, 0.4) is 0 Å². The summed E-state index contributed by atoms with van der Waals surface area (Å²) in [5.74, 6) is 0.702. The number of hydrogen-bond acceptors (Lipinski definition) is 4. The van der Waals surface area contributed by atoms with Crippen molar-refractivity contribution in [3.8, 4) is 11.5 Å². The lowest BCUT2D eigenvalue weighted by molar-refractivity contribution is 0.0962. The normalized spacial score (nSPS) is 10.0. The summed E-state index contributed by atoms with van der Waals surface area (Å²) in [5, 5.41) is 0.838. The van der Waals surface area contributed by atoms with E-state index in [-0.39, 0.29) is 5.91 Å². The highest BCUT2D eigenvalue weighted by Crippen LogP contribution is 2.27. The van der Waals surface area contributed by atoms with Gasteiger partial charge in [-0.05, 0) is 36.4 Å². The average Bonchev–Trinajstić information content (AvgIpc) is 2.54. The number of hydrazine groups is 1. The Morgan fingerprint density at radius 3 is 2.32 bits per heavy atom. The Labute approximate surface area is 138 Å². The van der Waals surface area contributed by atoms with Crippen molar-refractivity contribution in [2.45, 2.75) is 0 Å². The lowest BCUT2D eigenvalue weighted by Gasteiger charge is -2.11. The van der Waals surface area contributed by atoms with E-state index in [0.717, 1.165) is 0 Å². The van der Waals surface area contributed by atoms with Crippen LogP contribution in [-0.4, -0.2) is 20.1 Å².